The summed E-state index contributed by atoms with van der Waals surface area (Å²) in [7, 11) is 0. The molecule has 0 aromatic heterocycles. The van der Waals surface area contributed by atoms with Gasteiger partial charge in [0.15, 0.2) is 0 Å². The number of benzene rings is 12. The molecule has 2 aliphatic carbocycles. The molecule has 0 atom stereocenters. The van der Waals surface area contributed by atoms with Crippen LogP contribution in [0.1, 0.15) is 49.9 Å². The maximum absolute atomic E-state index is 2.60. The quantitative estimate of drug-likeness (QED) is 0.152. The highest BCUT2D eigenvalue weighted by molar-refractivity contribution is 6.44. The second-order valence-corrected chi connectivity index (χ2v) is 21.1. The Balaban J connectivity index is 1.16. The van der Waals surface area contributed by atoms with E-state index < -0.39 is 0 Å². The largest absolute Gasteiger partial charge is 0.0619 e. The molecule has 0 aliphatic heterocycles. The van der Waals surface area contributed by atoms with Crippen molar-refractivity contribution in [3.8, 4) is 44.5 Å². The van der Waals surface area contributed by atoms with E-state index in [-0.39, 0.29) is 10.8 Å². The van der Waals surface area contributed by atoms with Crippen molar-refractivity contribution in [2.24, 2.45) is 0 Å². The highest BCUT2D eigenvalue weighted by atomic mass is 14.4. The Bertz CT molecular complexity index is 4590. The van der Waals surface area contributed by atoms with Gasteiger partial charge in [-0.2, -0.15) is 0 Å². The summed E-state index contributed by atoms with van der Waals surface area (Å²) in [4.78, 5) is 0. The van der Waals surface area contributed by atoms with Crippen molar-refractivity contribution in [1.29, 1.82) is 0 Å². The molecule has 14 aromatic carbocycles. The molecule has 0 N–H and O–H groups in total. The van der Waals surface area contributed by atoms with Gasteiger partial charge in [-0.3, -0.25) is 0 Å². The smallest absolute Gasteiger partial charge is 0.0158 e. The number of hydrogen-bond donors (Lipinski definition) is 0. The van der Waals surface area contributed by atoms with Crippen molar-refractivity contribution >= 4 is 97.0 Å². The lowest BCUT2D eigenvalue weighted by Crippen LogP contribution is -2.14. The third-order valence-corrected chi connectivity index (χ3v) is 17.1. The minimum Gasteiger partial charge on any atom is -0.0619 e. The van der Waals surface area contributed by atoms with Gasteiger partial charge in [0.2, 0.25) is 0 Å². The molecule has 316 valence electrons. The maximum Gasteiger partial charge on any atom is 0.0158 e. The van der Waals surface area contributed by atoms with Gasteiger partial charge in [-0.05, 0) is 200 Å². The number of rotatable bonds is 2. The van der Waals surface area contributed by atoms with Gasteiger partial charge in [0.05, 0.1) is 0 Å². The van der Waals surface area contributed by atoms with E-state index in [9.17, 15) is 0 Å². The molecule has 0 amide bonds. The number of hydrogen-bond acceptors (Lipinski definition) is 0. The van der Waals surface area contributed by atoms with Crippen LogP contribution in [0.5, 0.6) is 0 Å². The van der Waals surface area contributed by atoms with Gasteiger partial charge in [0.25, 0.3) is 0 Å². The van der Waals surface area contributed by atoms with Crippen LogP contribution in [0.3, 0.4) is 0 Å². The monoisotopic (exact) mass is 860 g/mol. The second kappa shape index (κ2) is 12.5. The summed E-state index contributed by atoms with van der Waals surface area (Å²) in [5.74, 6) is 0. The van der Waals surface area contributed by atoms with E-state index in [2.05, 4.69) is 222 Å². The van der Waals surface area contributed by atoms with Crippen LogP contribution in [0.4, 0.5) is 0 Å². The summed E-state index contributed by atoms with van der Waals surface area (Å²) in [6, 6.07) is 75.2. The van der Waals surface area contributed by atoms with E-state index in [0.29, 0.717) is 0 Å². The van der Waals surface area contributed by atoms with E-state index in [0.717, 1.165) is 0 Å². The lowest BCUT2D eigenvalue weighted by atomic mass is 9.80. The summed E-state index contributed by atoms with van der Waals surface area (Å²) >= 11 is 0. The van der Waals surface area contributed by atoms with Gasteiger partial charge in [0.1, 0.15) is 0 Å². The van der Waals surface area contributed by atoms with Crippen LogP contribution in [0.15, 0.2) is 194 Å². The van der Waals surface area contributed by atoms with E-state index in [1.807, 2.05) is 0 Å². The minimum absolute atomic E-state index is 0.0875. The van der Waals surface area contributed by atoms with Crippen LogP contribution in [0.25, 0.3) is 141 Å². The fourth-order valence-electron chi connectivity index (χ4n) is 14.0. The van der Waals surface area contributed by atoms with Crippen LogP contribution in [-0.4, -0.2) is 0 Å². The Kier molecular flexibility index (Phi) is 6.80. The Morgan fingerprint density at radius 3 is 1.19 bits per heavy atom. The molecule has 68 heavy (non-hydrogen) atoms. The first-order chi connectivity index (χ1) is 33.3. The lowest BCUT2D eigenvalue weighted by Gasteiger charge is -2.22. The first kappa shape index (κ1) is 37.1. The van der Waals surface area contributed by atoms with Crippen LogP contribution < -0.4 is 0 Å². The zero-order valence-corrected chi connectivity index (χ0v) is 38.5. The van der Waals surface area contributed by atoms with Crippen molar-refractivity contribution in [2.75, 3.05) is 0 Å². The molecule has 0 fully saturated rings. The van der Waals surface area contributed by atoms with Gasteiger partial charge >= 0.3 is 0 Å². The molecule has 0 unspecified atom stereocenters. The first-order valence-corrected chi connectivity index (χ1v) is 24.3. The summed E-state index contributed by atoms with van der Waals surface area (Å²) in [6.45, 7) is 9.57. The highest BCUT2D eigenvalue weighted by Gasteiger charge is 2.37. The molecule has 0 bridgehead atoms. The van der Waals surface area contributed by atoms with E-state index >= 15 is 0 Å². The highest BCUT2D eigenvalue weighted by Crippen LogP contribution is 2.57. The molecule has 0 nitrogen and oxygen atoms in total. The third kappa shape index (κ3) is 4.43. The standard InChI is InChI=1S/C68H44/c1-67(2)57-25-11-9-19-43(57)51-33-39(27-29-59(51)67)61-54-35-49-47-23-13-21-45-41-17-7-5-15-37(41)31-53(63(45)47)50(49)36-55(54)62(40-28-30-60-52(34-40)44-20-10-12-26-58(44)68(60,3)4)66-56-32-38-16-6-8-18-42(38)46-22-14-24-48(64(46)56)65(61)66/h5-36H,1-4H3. The summed E-state index contributed by atoms with van der Waals surface area (Å²) < 4.78 is 0. The van der Waals surface area contributed by atoms with Crippen LogP contribution >= 0.6 is 0 Å². The van der Waals surface area contributed by atoms with Crippen LogP contribution in [0, 0.1) is 0 Å². The minimum atomic E-state index is -0.0894. The average Bonchev–Trinajstić information content (AvgIpc) is 4.02. The van der Waals surface area contributed by atoms with E-state index in [4.69, 9.17) is 0 Å². The Morgan fingerprint density at radius 2 is 0.632 bits per heavy atom. The maximum atomic E-state index is 2.60. The molecule has 0 heteroatoms. The molecule has 14 aromatic rings. The van der Waals surface area contributed by atoms with Gasteiger partial charge in [-0.1, -0.05) is 185 Å². The van der Waals surface area contributed by atoms with Crippen molar-refractivity contribution in [2.45, 2.75) is 38.5 Å². The second-order valence-electron chi connectivity index (χ2n) is 21.1. The van der Waals surface area contributed by atoms with E-state index in [1.54, 1.807) is 0 Å². The molecule has 0 saturated carbocycles. The van der Waals surface area contributed by atoms with Crippen LogP contribution in [-0.2, 0) is 10.8 Å². The molecule has 0 saturated heterocycles. The molecular formula is C68H44. The topological polar surface area (TPSA) is 0 Å². The van der Waals surface area contributed by atoms with Crippen molar-refractivity contribution in [1.82, 2.24) is 0 Å². The normalized spacial score (nSPS) is 14.7. The Hall–Kier alpha value is -8.06. The molecule has 0 radical (unpaired) electrons. The fourth-order valence-corrected chi connectivity index (χ4v) is 14.0. The van der Waals surface area contributed by atoms with Gasteiger partial charge in [-0.25, -0.2) is 0 Å². The Labute approximate surface area is 394 Å². The molecule has 0 heterocycles. The third-order valence-electron chi connectivity index (χ3n) is 17.1. The molecule has 16 rings (SSSR count). The van der Waals surface area contributed by atoms with Gasteiger partial charge in [0, 0.05) is 10.8 Å². The van der Waals surface area contributed by atoms with Crippen LogP contribution in [0.2, 0.25) is 0 Å². The lowest BCUT2D eigenvalue weighted by molar-refractivity contribution is 0.660. The molecule has 0 spiro atoms. The van der Waals surface area contributed by atoms with Crippen molar-refractivity contribution < 1.29 is 0 Å². The summed E-state index contributed by atoms with van der Waals surface area (Å²) in [6.07, 6.45) is 0. The Morgan fingerprint density at radius 1 is 0.235 bits per heavy atom. The zero-order valence-electron chi connectivity index (χ0n) is 38.5. The predicted molar refractivity (Wildman–Crippen MR) is 292 cm³/mol. The fraction of sp³-hybridized carbons (Fsp3) is 0.0882. The van der Waals surface area contributed by atoms with Gasteiger partial charge in [-0.15, -0.1) is 0 Å². The van der Waals surface area contributed by atoms with Gasteiger partial charge < -0.3 is 0 Å². The SMILES string of the molecule is CC1(C)c2ccccc2-c2cc(-c3c4cc5c(cc4c(-c4ccc6c(c4)-c4ccccc4C6(C)C)c4c6cc7ccccc7c7cccc(c34)c76)c3cc4ccccc4c4cccc5c43)ccc21. The summed E-state index contributed by atoms with van der Waals surface area (Å²) in [5, 5.41) is 23.8. The summed E-state index contributed by atoms with van der Waals surface area (Å²) in [5.41, 5.74) is 16.0. The van der Waals surface area contributed by atoms with E-state index in [1.165, 1.54) is 164 Å². The van der Waals surface area contributed by atoms with Crippen molar-refractivity contribution in [3.63, 3.8) is 0 Å². The zero-order chi connectivity index (χ0) is 44.9. The average molecular weight is 861 g/mol. The number of fused-ring (bicyclic) bond motifs is 17. The molecule has 2 aliphatic rings. The molecular weight excluding hydrogens is 817 g/mol. The first-order valence-electron chi connectivity index (χ1n) is 24.3. The van der Waals surface area contributed by atoms with Crippen molar-refractivity contribution in [3.05, 3.63) is 216 Å². The predicted octanol–water partition coefficient (Wildman–Crippen LogP) is 18.9.